The fourth-order valence-corrected chi connectivity index (χ4v) is 3.89. The molecule has 1 N–H and O–H groups in total. The Labute approximate surface area is 59.2 Å². The van der Waals surface area contributed by atoms with Crippen LogP contribution in [-0.4, -0.2) is 13.1 Å². The molecule has 0 rings (SSSR count). The van der Waals surface area contributed by atoms with E-state index in [0.29, 0.717) is 5.41 Å². The highest BCUT2D eigenvalue weighted by atomic mass is 28.4. The van der Waals surface area contributed by atoms with Crippen molar-refractivity contribution in [3.8, 4) is 0 Å². The smallest absolute Gasteiger partial charge is 0.183 e. The van der Waals surface area contributed by atoms with Gasteiger partial charge in [0.1, 0.15) is 0 Å². The molecule has 0 spiro atoms. The van der Waals surface area contributed by atoms with Gasteiger partial charge in [0.25, 0.3) is 0 Å². The monoisotopic (exact) mass is 146 g/mol. The van der Waals surface area contributed by atoms with E-state index < -0.39 is 8.32 Å². The van der Waals surface area contributed by atoms with E-state index in [4.69, 9.17) is 0 Å². The van der Waals surface area contributed by atoms with Crippen molar-refractivity contribution in [3.05, 3.63) is 0 Å². The Morgan fingerprint density at radius 2 is 1.56 bits per heavy atom. The van der Waals surface area contributed by atoms with Crippen molar-refractivity contribution < 1.29 is 4.80 Å². The van der Waals surface area contributed by atoms with Crippen molar-refractivity contribution in [1.29, 1.82) is 0 Å². The molecule has 0 fully saturated rings. The second kappa shape index (κ2) is 2.43. The molecule has 0 aliphatic heterocycles. The Hall–Kier alpha value is 0.177. The highest BCUT2D eigenvalue weighted by Crippen LogP contribution is 2.25. The molecule has 0 saturated heterocycles. The lowest BCUT2D eigenvalue weighted by molar-refractivity contribution is 0.425. The van der Waals surface area contributed by atoms with Crippen molar-refractivity contribution in [2.75, 3.05) is 0 Å². The highest BCUT2D eigenvalue weighted by molar-refractivity contribution is 6.69. The first kappa shape index (κ1) is 9.18. The van der Waals surface area contributed by atoms with Crippen molar-refractivity contribution in [2.45, 2.75) is 39.9 Å². The van der Waals surface area contributed by atoms with Gasteiger partial charge in [-0.3, -0.25) is 0 Å². The average molecular weight is 146 g/mol. The Kier molecular flexibility index (Phi) is 2.47. The van der Waals surface area contributed by atoms with Crippen LogP contribution in [0.3, 0.4) is 0 Å². The summed E-state index contributed by atoms with van der Waals surface area (Å²) >= 11 is 0. The molecule has 0 aromatic heterocycles. The van der Waals surface area contributed by atoms with Crippen LogP contribution >= 0.6 is 0 Å². The Bertz CT molecular complexity index is 74.1. The summed E-state index contributed by atoms with van der Waals surface area (Å²) in [6.45, 7) is 10.5. The fraction of sp³-hybridized carbons (Fsp3) is 1.00. The summed E-state index contributed by atoms with van der Waals surface area (Å²) in [5.74, 6) is 0. The molecule has 1 nitrogen and oxygen atoms in total. The number of rotatable bonds is 1. The minimum absolute atomic E-state index is 0.296. The van der Waals surface area contributed by atoms with Gasteiger partial charge >= 0.3 is 0 Å². The third kappa shape index (κ3) is 8.18. The van der Waals surface area contributed by atoms with Gasteiger partial charge in [0.15, 0.2) is 8.32 Å². The largest absolute Gasteiger partial charge is 0.432 e. The summed E-state index contributed by atoms with van der Waals surface area (Å²) in [5.41, 5.74) is 0.296. The quantitative estimate of drug-likeness (QED) is 0.562. The third-order valence-corrected chi connectivity index (χ3v) is 2.89. The molecule has 0 aromatic carbocycles. The topological polar surface area (TPSA) is 20.2 Å². The zero-order chi connectivity index (χ0) is 7.71. The molecule has 0 unspecified atom stereocenters. The first-order valence-corrected chi connectivity index (χ1v) is 6.59. The molecule has 2 heteroatoms. The fourth-order valence-electron chi connectivity index (χ4n) is 1.30. The van der Waals surface area contributed by atoms with Gasteiger partial charge in [-0.1, -0.05) is 20.8 Å². The van der Waals surface area contributed by atoms with E-state index in [1.807, 2.05) is 13.1 Å². The summed E-state index contributed by atoms with van der Waals surface area (Å²) in [7, 11) is -1.79. The van der Waals surface area contributed by atoms with Gasteiger partial charge < -0.3 is 4.80 Å². The zero-order valence-electron chi connectivity index (χ0n) is 7.15. The Morgan fingerprint density at radius 3 is 1.56 bits per heavy atom. The number of hydrogen-bond acceptors (Lipinski definition) is 1. The van der Waals surface area contributed by atoms with Crippen LogP contribution in [0.15, 0.2) is 0 Å². The molecular weight excluding hydrogens is 128 g/mol. The molecule has 56 valence electrons. The highest BCUT2D eigenvalue weighted by Gasteiger charge is 2.24. The molecular formula is C7H18OSi. The van der Waals surface area contributed by atoms with Gasteiger partial charge in [-0.15, -0.1) is 0 Å². The van der Waals surface area contributed by atoms with Crippen molar-refractivity contribution in [1.82, 2.24) is 0 Å². The lowest BCUT2D eigenvalue weighted by atomic mass is 10.0. The van der Waals surface area contributed by atoms with E-state index >= 15 is 0 Å². The predicted molar refractivity (Wildman–Crippen MR) is 44.0 cm³/mol. The van der Waals surface area contributed by atoms with Crippen LogP contribution in [0.2, 0.25) is 19.1 Å². The maximum atomic E-state index is 9.49. The second-order valence-corrected chi connectivity index (χ2v) is 8.53. The van der Waals surface area contributed by atoms with E-state index in [2.05, 4.69) is 20.8 Å². The minimum Gasteiger partial charge on any atom is -0.432 e. The maximum Gasteiger partial charge on any atom is 0.183 e. The first-order chi connectivity index (χ1) is 3.71. The lowest BCUT2D eigenvalue weighted by Crippen LogP contribution is -2.30. The van der Waals surface area contributed by atoms with Gasteiger partial charge in [-0.25, -0.2) is 0 Å². The van der Waals surface area contributed by atoms with E-state index in [1.165, 1.54) is 0 Å². The molecule has 9 heavy (non-hydrogen) atoms. The zero-order valence-corrected chi connectivity index (χ0v) is 8.15. The molecule has 0 aliphatic rings. The van der Waals surface area contributed by atoms with Crippen LogP contribution in [0.1, 0.15) is 20.8 Å². The summed E-state index contributed by atoms with van der Waals surface area (Å²) in [6, 6.07) is 0.986. The van der Waals surface area contributed by atoms with Crippen LogP contribution in [0, 0.1) is 5.41 Å². The van der Waals surface area contributed by atoms with Gasteiger partial charge in [-0.2, -0.15) is 0 Å². The van der Waals surface area contributed by atoms with Crippen LogP contribution in [0.4, 0.5) is 0 Å². The molecule has 0 saturated carbocycles. The third-order valence-electron chi connectivity index (χ3n) is 0.963. The van der Waals surface area contributed by atoms with E-state index in [9.17, 15) is 4.80 Å². The van der Waals surface area contributed by atoms with Crippen molar-refractivity contribution >= 4 is 8.32 Å². The van der Waals surface area contributed by atoms with Crippen molar-refractivity contribution in [2.24, 2.45) is 5.41 Å². The van der Waals surface area contributed by atoms with Crippen LogP contribution in [0.25, 0.3) is 0 Å². The molecule has 0 heterocycles. The van der Waals surface area contributed by atoms with Crippen LogP contribution in [-0.2, 0) is 0 Å². The second-order valence-electron chi connectivity index (χ2n) is 4.55. The van der Waals surface area contributed by atoms with E-state index in [1.54, 1.807) is 0 Å². The molecule has 0 amide bonds. The van der Waals surface area contributed by atoms with E-state index in [-0.39, 0.29) is 0 Å². The number of hydrogen-bond donors (Lipinski definition) is 1. The Balaban J connectivity index is 3.75. The summed E-state index contributed by atoms with van der Waals surface area (Å²) in [6.07, 6.45) is 0. The minimum atomic E-state index is -1.79. The van der Waals surface area contributed by atoms with Gasteiger partial charge in [-0.05, 0) is 24.6 Å². The van der Waals surface area contributed by atoms with Gasteiger partial charge in [0.05, 0.1) is 0 Å². The molecule has 0 aromatic rings. The Morgan fingerprint density at radius 1 is 1.22 bits per heavy atom. The summed E-state index contributed by atoms with van der Waals surface area (Å²) in [5, 5.41) is 0. The lowest BCUT2D eigenvalue weighted by Gasteiger charge is -2.25. The molecule has 0 radical (unpaired) electrons. The van der Waals surface area contributed by atoms with Crippen LogP contribution < -0.4 is 0 Å². The summed E-state index contributed by atoms with van der Waals surface area (Å²) < 4.78 is 0. The predicted octanol–water partition coefficient (Wildman–Crippen LogP) is 2.23. The molecule has 0 bridgehead atoms. The normalized spacial score (nSPS) is 14.0. The standard InChI is InChI=1S/C7H18OSi/c1-7(2,3)6-9(4,5)8/h8H,6H2,1-5H3. The maximum absolute atomic E-state index is 9.49. The molecule has 0 aliphatic carbocycles. The summed E-state index contributed by atoms with van der Waals surface area (Å²) in [4.78, 5) is 9.49. The van der Waals surface area contributed by atoms with Crippen molar-refractivity contribution in [3.63, 3.8) is 0 Å². The average Bonchev–Trinajstić information content (AvgIpc) is 1.14. The van der Waals surface area contributed by atoms with E-state index in [0.717, 1.165) is 6.04 Å². The van der Waals surface area contributed by atoms with Crippen LogP contribution in [0.5, 0.6) is 0 Å². The first-order valence-electron chi connectivity index (χ1n) is 3.43. The van der Waals surface area contributed by atoms with Gasteiger partial charge in [0.2, 0.25) is 0 Å². The molecule has 0 atom stereocenters. The SMILES string of the molecule is CC(C)(C)C[Si](C)(C)O. The van der Waals surface area contributed by atoms with Gasteiger partial charge in [0, 0.05) is 0 Å².